The number of methoxy groups -OCH3 is 2. The minimum Gasteiger partial charge on any atom is -0.497 e. The van der Waals surface area contributed by atoms with E-state index in [4.69, 9.17) is 9.47 Å². The highest BCUT2D eigenvalue weighted by Gasteiger charge is 2.10. The summed E-state index contributed by atoms with van der Waals surface area (Å²) in [5.74, 6) is 0.859. The first kappa shape index (κ1) is 14.3. The van der Waals surface area contributed by atoms with Crippen LogP contribution in [0.15, 0.2) is 41.0 Å². The summed E-state index contributed by atoms with van der Waals surface area (Å²) in [6, 6.07) is 10.3. The number of aromatic nitrogens is 1. The summed E-state index contributed by atoms with van der Waals surface area (Å²) in [4.78, 5) is 16.3. The second kappa shape index (κ2) is 6.38. The molecule has 0 spiro atoms. The molecule has 1 amide bonds. The Morgan fingerprint density at radius 2 is 2.00 bits per heavy atom. The van der Waals surface area contributed by atoms with Crippen LogP contribution in [-0.2, 0) is 0 Å². The van der Waals surface area contributed by atoms with Gasteiger partial charge in [0.05, 0.1) is 19.9 Å². The third-order valence-corrected chi connectivity index (χ3v) is 3.22. The van der Waals surface area contributed by atoms with Crippen molar-refractivity contribution in [2.45, 2.75) is 0 Å². The first-order valence-corrected chi connectivity index (χ1v) is 6.59. The topological polar surface area (TPSA) is 60.5 Å². The molecule has 20 heavy (non-hydrogen) atoms. The van der Waals surface area contributed by atoms with Crippen molar-refractivity contribution in [2.24, 2.45) is 0 Å². The average Bonchev–Trinajstić information content (AvgIpc) is 2.49. The van der Waals surface area contributed by atoms with E-state index in [1.54, 1.807) is 43.5 Å². The lowest BCUT2D eigenvalue weighted by atomic mass is 10.2. The zero-order chi connectivity index (χ0) is 14.5. The predicted molar refractivity (Wildman–Crippen MR) is 79.4 cm³/mol. The summed E-state index contributed by atoms with van der Waals surface area (Å²) in [6.45, 7) is 0. The lowest BCUT2D eigenvalue weighted by Gasteiger charge is -2.09. The number of hydrogen-bond acceptors (Lipinski definition) is 4. The molecule has 0 saturated carbocycles. The van der Waals surface area contributed by atoms with Gasteiger partial charge < -0.3 is 14.8 Å². The van der Waals surface area contributed by atoms with Crippen LogP contribution in [0.2, 0.25) is 0 Å². The van der Waals surface area contributed by atoms with E-state index in [1.165, 1.54) is 7.11 Å². The summed E-state index contributed by atoms with van der Waals surface area (Å²) in [6.07, 6.45) is 0. The number of carbonyl (C=O) groups is 1. The molecule has 104 valence electrons. The second-order valence-corrected chi connectivity index (χ2v) is 4.63. The molecule has 0 bridgehead atoms. The minimum absolute atomic E-state index is 0.239. The quantitative estimate of drug-likeness (QED) is 0.871. The lowest BCUT2D eigenvalue weighted by Crippen LogP contribution is -2.12. The lowest BCUT2D eigenvalue weighted by molar-refractivity contribution is 0.102. The number of rotatable bonds is 4. The Balaban J connectivity index is 2.18. The van der Waals surface area contributed by atoms with Crippen LogP contribution in [0.1, 0.15) is 10.4 Å². The highest BCUT2D eigenvalue weighted by Crippen LogP contribution is 2.24. The number of benzene rings is 1. The minimum atomic E-state index is -0.239. The van der Waals surface area contributed by atoms with Crippen molar-refractivity contribution in [3.05, 3.63) is 46.6 Å². The van der Waals surface area contributed by atoms with E-state index in [-0.39, 0.29) is 5.91 Å². The molecule has 0 aliphatic heterocycles. The molecule has 6 heteroatoms. The molecule has 0 fully saturated rings. The van der Waals surface area contributed by atoms with Crippen molar-refractivity contribution in [1.82, 2.24) is 4.98 Å². The molecule has 0 aliphatic carbocycles. The zero-order valence-corrected chi connectivity index (χ0v) is 12.6. The first-order valence-electron chi connectivity index (χ1n) is 5.80. The van der Waals surface area contributed by atoms with Crippen molar-refractivity contribution in [3.63, 3.8) is 0 Å². The molecular formula is C14H13BrN2O3. The number of nitrogens with zero attached hydrogens (tertiary/aromatic N) is 1. The second-order valence-electron chi connectivity index (χ2n) is 3.88. The number of pyridine rings is 1. The normalized spacial score (nSPS) is 9.95. The van der Waals surface area contributed by atoms with Gasteiger partial charge in [0, 0.05) is 11.6 Å². The molecule has 0 saturated heterocycles. The highest BCUT2D eigenvalue weighted by atomic mass is 79.9. The fourth-order valence-corrected chi connectivity index (χ4v) is 1.99. The third kappa shape index (κ3) is 3.27. The maximum absolute atomic E-state index is 12.1. The van der Waals surface area contributed by atoms with Crippen molar-refractivity contribution in [2.75, 3.05) is 19.5 Å². The number of halogens is 1. The standard InChI is InChI=1S/C14H13BrN2O3/c1-19-10-5-3-4-9(8-10)14(18)16-11-6-7-12(20-2)17-13(11)15/h3-8H,1-2H3,(H,16,18). The summed E-state index contributed by atoms with van der Waals surface area (Å²) < 4.78 is 10.6. The van der Waals surface area contributed by atoms with Crippen molar-refractivity contribution >= 4 is 27.5 Å². The monoisotopic (exact) mass is 336 g/mol. The Bertz CT molecular complexity index is 632. The molecule has 1 N–H and O–H groups in total. The summed E-state index contributed by atoms with van der Waals surface area (Å²) in [5, 5.41) is 2.77. The van der Waals surface area contributed by atoms with Crippen LogP contribution in [0.5, 0.6) is 11.6 Å². The van der Waals surface area contributed by atoms with Crippen molar-refractivity contribution < 1.29 is 14.3 Å². The molecule has 0 unspecified atom stereocenters. The molecule has 0 aliphatic rings. The largest absolute Gasteiger partial charge is 0.497 e. The number of nitrogens with one attached hydrogen (secondary N) is 1. The van der Waals surface area contributed by atoms with Crippen LogP contribution in [0, 0.1) is 0 Å². The van der Waals surface area contributed by atoms with E-state index >= 15 is 0 Å². The Kier molecular flexibility index (Phi) is 4.57. The van der Waals surface area contributed by atoms with Crippen LogP contribution in [0.25, 0.3) is 0 Å². The smallest absolute Gasteiger partial charge is 0.255 e. The van der Waals surface area contributed by atoms with Crippen LogP contribution in [-0.4, -0.2) is 25.1 Å². The van der Waals surface area contributed by atoms with Crippen LogP contribution < -0.4 is 14.8 Å². The van der Waals surface area contributed by atoms with Gasteiger partial charge in [0.2, 0.25) is 5.88 Å². The maximum atomic E-state index is 12.1. The summed E-state index contributed by atoms with van der Waals surface area (Å²) >= 11 is 3.29. The predicted octanol–water partition coefficient (Wildman–Crippen LogP) is 3.11. The summed E-state index contributed by atoms with van der Waals surface area (Å²) in [7, 11) is 3.09. The average molecular weight is 337 g/mol. The molecule has 1 heterocycles. The van der Waals surface area contributed by atoms with Gasteiger partial charge >= 0.3 is 0 Å². The van der Waals surface area contributed by atoms with Gasteiger partial charge in [-0.1, -0.05) is 6.07 Å². The van der Waals surface area contributed by atoms with Gasteiger partial charge in [0.1, 0.15) is 10.4 Å². The number of anilines is 1. The van der Waals surface area contributed by atoms with Gasteiger partial charge in [0.15, 0.2) is 0 Å². The van der Waals surface area contributed by atoms with Gasteiger partial charge in [0.25, 0.3) is 5.91 Å². The van der Waals surface area contributed by atoms with E-state index in [1.807, 2.05) is 0 Å². The first-order chi connectivity index (χ1) is 9.63. The van der Waals surface area contributed by atoms with Crippen LogP contribution >= 0.6 is 15.9 Å². The van der Waals surface area contributed by atoms with Crippen LogP contribution in [0.3, 0.4) is 0 Å². The van der Waals surface area contributed by atoms with E-state index in [0.29, 0.717) is 27.5 Å². The highest BCUT2D eigenvalue weighted by molar-refractivity contribution is 9.10. The number of hydrogen-bond donors (Lipinski definition) is 1. The molecule has 2 aromatic rings. The zero-order valence-electron chi connectivity index (χ0n) is 11.0. The van der Waals surface area contributed by atoms with Crippen molar-refractivity contribution in [3.8, 4) is 11.6 Å². The van der Waals surface area contributed by atoms with Gasteiger partial charge in [-0.15, -0.1) is 0 Å². The molecule has 1 aromatic heterocycles. The van der Waals surface area contributed by atoms with E-state index < -0.39 is 0 Å². The molecule has 5 nitrogen and oxygen atoms in total. The van der Waals surface area contributed by atoms with Gasteiger partial charge in [-0.2, -0.15) is 0 Å². The van der Waals surface area contributed by atoms with E-state index in [9.17, 15) is 4.79 Å². The molecular weight excluding hydrogens is 324 g/mol. The fraction of sp³-hybridized carbons (Fsp3) is 0.143. The number of ether oxygens (including phenoxy) is 2. The Morgan fingerprint density at radius 3 is 2.65 bits per heavy atom. The van der Waals surface area contributed by atoms with Gasteiger partial charge in [-0.05, 0) is 40.2 Å². The maximum Gasteiger partial charge on any atom is 0.255 e. The van der Waals surface area contributed by atoms with Gasteiger partial charge in [-0.3, -0.25) is 4.79 Å². The van der Waals surface area contributed by atoms with E-state index in [2.05, 4.69) is 26.2 Å². The van der Waals surface area contributed by atoms with Crippen molar-refractivity contribution in [1.29, 1.82) is 0 Å². The molecule has 1 aromatic carbocycles. The Labute approximate surface area is 125 Å². The molecule has 0 atom stereocenters. The SMILES string of the molecule is COc1cccc(C(=O)Nc2ccc(OC)nc2Br)c1. The third-order valence-electron chi connectivity index (χ3n) is 2.61. The summed E-state index contributed by atoms with van der Waals surface area (Å²) in [5.41, 5.74) is 1.07. The fourth-order valence-electron chi connectivity index (χ4n) is 1.58. The number of amides is 1. The van der Waals surface area contributed by atoms with Crippen LogP contribution in [0.4, 0.5) is 5.69 Å². The number of carbonyl (C=O) groups excluding carboxylic acids is 1. The van der Waals surface area contributed by atoms with E-state index in [0.717, 1.165) is 0 Å². The molecule has 0 radical (unpaired) electrons. The molecule has 2 rings (SSSR count). The Hall–Kier alpha value is -2.08. The Morgan fingerprint density at radius 1 is 1.20 bits per heavy atom. The van der Waals surface area contributed by atoms with Gasteiger partial charge in [-0.25, -0.2) is 4.98 Å².